The van der Waals surface area contributed by atoms with Crippen molar-refractivity contribution in [2.24, 2.45) is 7.05 Å². The van der Waals surface area contributed by atoms with Gasteiger partial charge in [0.1, 0.15) is 5.82 Å². The van der Waals surface area contributed by atoms with Gasteiger partial charge in [-0.1, -0.05) is 0 Å². The summed E-state index contributed by atoms with van der Waals surface area (Å²) in [6, 6.07) is 3.24. The summed E-state index contributed by atoms with van der Waals surface area (Å²) in [7, 11) is 1.83. The van der Waals surface area contributed by atoms with E-state index in [1.165, 1.54) is 6.07 Å². The Morgan fingerprint density at radius 3 is 2.63 bits per heavy atom. The third-order valence-electron chi connectivity index (χ3n) is 2.74. The molecule has 0 saturated carbocycles. The highest BCUT2D eigenvalue weighted by molar-refractivity contribution is 5.67. The number of nitrogens with one attached hydrogen (secondary N) is 1. The first-order valence-electron chi connectivity index (χ1n) is 5.54. The van der Waals surface area contributed by atoms with Crippen molar-refractivity contribution >= 4 is 11.4 Å². The van der Waals surface area contributed by atoms with Crippen LogP contribution < -0.4 is 11.1 Å². The predicted molar refractivity (Wildman–Crippen MR) is 66.4 cm³/mol. The first-order chi connectivity index (χ1) is 8.88. The van der Waals surface area contributed by atoms with Crippen LogP contribution in [0.25, 0.3) is 0 Å². The maximum Gasteiger partial charge on any atom is 0.416 e. The Balaban J connectivity index is 2.12. The number of nitrogens with zero attached hydrogens (tertiary/aromatic N) is 2. The second-order valence-corrected chi connectivity index (χ2v) is 4.11. The molecule has 3 N–H and O–H groups in total. The van der Waals surface area contributed by atoms with Crippen molar-refractivity contribution in [2.75, 3.05) is 11.1 Å². The summed E-state index contributed by atoms with van der Waals surface area (Å²) in [6.07, 6.45) is -0.952. The third kappa shape index (κ3) is 2.98. The van der Waals surface area contributed by atoms with E-state index in [1.807, 2.05) is 11.6 Å². The number of hydrogen-bond acceptors (Lipinski definition) is 3. The molecule has 0 spiro atoms. The Hall–Kier alpha value is -2.18. The van der Waals surface area contributed by atoms with Crippen molar-refractivity contribution in [2.45, 2.75) is 12.7 Å². The number of imidazole rings is 1. The summed E-state index contributed by atoms with van der Waals surface area (Å²) < 4.78 is 39.2. The fourth-order valence-corrected chi connectivity index (χ4v) is 1.64. The first kappa shape index (κ1) is 13.3. The van der Waals surface area contributed by atoms with E-state index < -0.39 is 11.7 Å². The van der Waals surface area contributed by atoms with Crippen LogP contribution in [0, 0.1) is 0 Å². The summed E-state index contributed by atoms with van der Waals surface area (Å²) in [4.78, 5) is 4.10. The number of hydrogen-bond donors (Lipinski definition) is 2. The smallest absolute Gasteiger partial charge is 0.397 e. The van der Waals surface area contributed by atoms with Crippen molar-refractivity contribution in [3.05, 3.63) is 42.0 Å². The first-order valence-corrected chi connectivity index (χ1v) is 5.54. The lowest BCUT2D eigenvalue weighted by atomic mass is 10.1. The molecular formula is C12H13F3N4. The van der Waals surface area contributed by atoms with Crippen molar-refractivity contribution < 1.29 is 13.2 Å². The lowest BCUT2D eigenvalue weighted by molar-refractivity contribution is -0.137. The highest BCUT2D eigenvalue weighted by Gasteiger charge is 2.30. The van der Waals surface area contributed by atoms with Gasteiger partial charge in [0.15, 0.2) is 0 Å². The average Bonchev–Trinajstić information content (AvgIpc) is 2.72. The van der Waals surface area contributed by atoms with Crippen LogP contribution in [0.3, 0.4) is 0 Å². The Bertz CT molecular complexity index is 575. The van der Waals surface area contributed by atoms with Gasteiger partial charge in [-0.25, -0.2) is 4.98 Å². The zero-order valence-corrected chi connectivity index (χ0v) is 10.2. The van der Waals surface area contributed by atoms with Crippen molar-refractivity contribution in [3.8, 4) is 0 Å². The summed E-state index contributed by atoms with van der Waals surface area (Å²) in [5, 5.41) is 2.96. The number of nitrogens with two attached hydrogens (primary N) is 1. The molecule has 102 valence electrons. The fraction of sp³-hybridized carbons (Fsp3) is 0.250. The standard InChI is InChI=1S/C12H13F3N4/c1-19-5-4-17-11(19)7-18-10-3-2-8(6-9(10)16)12(13,14)15/h2-6,18H,7,16H2,1H3. The number of aromatic nitrogens is 2. The van der Waals surface area contributed by atoms with Gasteiger partial charge >= 0.3 is 6.18 Å². The van der Waals surface area contributed by atoms with Crippen LogP contribution >= 0.6 is 0 Å². The van der Waals surface area contributed by atoms with Gasteiger partial charge in [-0.05, 0) is 18.2 Å². The molecule has 0 amide bonds. The number of rotatable bonds is 3. The molecule has 2 aromatic rings. The largest absolute Gasteiger partial charge is 0.416 e. The van der Waals surface area contributed by atoms with Gasteiger partial charge in [0.05, 0.1) is 23.5 Å². The minimum atomic E-state index is -4.38. The van der Waals surface area contributed by atoms with Crippen LogP contribution in [0.15, 0.2) is 30.6 Å². The van der Waals surface area contributed by atoms with E-state index >= 15 is 0 Å². The molecule has 0 aliphatic carbocycles. The Morgan fingerprint density at radius 2 is 2.11 bits per heavy atom. The lowest BCUT2D eigenvalue weighted by Crippen LogP contribution is -2.09. The van der Waals surface area contributed by atoms with E-state index in [0.29, 0.717) is 12.2 Å². The van der Waals surface area contributed by atoms with E-state index in [0.717, 1.165) is 18.0 Å². The maximum absolute atomic E-state index is 12.5. The molecule has 0 bridgehead atoms. The number of aryl methyl sites for hydroxylation is 1. The molecule has 0 fully saturated rings. The topological polar surface area (TPSA) is 55.9 Å². The van der Waals surface area contributed by atoms with Gasteiger partial charge in [0.25, 0.3) is 0 Å². The SMILES string of the molecule is Cn1ccnc1CNc1ccc(C(F)(F)F)cc1N. The molecule has 19 heavy (non-hydrogen) atoms. The van der Waals surface area contributed by atoms with Gasteiger partial charge in [-0.15, -0.1) is 0 Å². The van der Waals surface area contributed by atoms with E-state index in [1.54, 1.807) is 12.4 Å². The summed E-state index contributed by atoms with van der Waals surface area (Å²) in [5.74, 6) is 0.763. The molecule has 4 nitrogen and oxygen atoms in total. The van der Waals surface area contributed by atoms with Crippen LogP contribution in [0.1, 0.15) is 11.4 Å². The molecule has 0 saturated heterocycles. The van der Waals surface area contributed by atoms with E-state index in [4.69, 9.17) is 5.73 Å². The summed E-state index contributed by atoms with van der Waals surface area (Å²) in [6.45, 7) is 0.388. The molecular weight excluding hydrogens is 257 g/mol. The number of nitrogen functional groups attached to an aromatic ring is 1. The van der Waals surface area contributed by atoms with Gasteiger partial charge in [0, 0.05) is 19.4 Å². The maximum atomic E-state index is 12.5. The fourth-order valence-electron chi connectivity index (χ4n) is 1.64. The highest BCUT2D eigenvalue weighted by atomic mass is 19.4. The molecule has 1 aromatic carbocycles. The number of halogens is 3. The summed E-state index contributed by atoms with van der Waals surface area (Å²) >= 11 is 0. The zero-order valence-electron chi connectivity index (χ0n) is 10.2. The zero-order chi connectivity index (χ0) is 14.0. The highest BCUT2D eigenvalue weighted by Crippen LogP contribution is 2.32. The number of benzene rings is 1. The lowest BCUT2D eigenvalue weighted by Gasteiger charge is -2.12. The molecule has 0 atom stereocenters. The number of anilines is 2. The molecule has 2 rings (SSSR count). The minimum absolute atomic E-state index is 0.0593. The van der Waals surface area contributed by atoms with Gasteiger partial charge in [-0.3, -0.25) is 0 Å². The predicted octanol–water partition coefficient (Wildman–Crippen LogP) is 2.63. The Labute approximate surface area is 108 Å². The Morgan fingerprint density at radius 1 is 1.37 bits per heavy atom. The van der Waals surface area contributed by atoms with E-state index in [9.17, 15) is 13.2 Å². The van der Waals surface area contributed by atoms with Crippen LogP contribution in [0.2, 0.25) is 0 Å². The van der Waals surface area contributed by atoms with Crippen molar-refractivity contribution in [3.63, 3.8) is 0 Å². The molecule has 1 aromatic heterocycles. The van der Waals surface area contributed by atoms with Crippen LogP contribution in [0.5, 0.6) is 0 Å². The van der Waals surface area contributed by atoms with E-state index in [2.05, 4.69) is 10.3 Å². The van der Waals surface area contributed by atoms with Gasteiger partial charge in [-0.2, -0.15) is 13.2 Å². The molecule has 7 heteroatoms. The summed E-state index contributed by atoms with van der Waals surface area (Å²) in [5.41, 5.74) is 5.36. The molecule has 0 aliphatic heterocycles. The number of alkyl halides is 3. The van der Waals surface area contributed by atoms with Crippen LogP contribution in [-0.2, 0) is 19.8 Å². The quantitative estimate of drug-likeness (QED) is 0.843. The van der Waals surface area contributed by atoms with E-state index in [-0.39, 0.29) is 5.69 Å². The molecule has 0 aliphatic rings. The van der Waals surface area contributed by atoms with Crippen molar-refractivity contribution in [1.82, 2.24) is 9.55 Å². The average molecular weight is 270 g/mol. The van der Waals surface area contributed by atoms with Gasteiger partial charge in [0.2, 0.25) is 0 Å². The molecule has 1 heterocycles. The molecule has 0 radical (unpaired) electrons. The molecule has 0 unspecified atom stereocenters. The van der Waals surface area contributed by atoms with Crippen LogP contribution in [-0.4, -0.2) is 9.55 Å². The van der Waals surface area contributed by atoms with Crippen molar-refractivity contribution in [1.29, 1.82) is 0 Å². The monoisotopic (exact) mass is 270 g/mol. The Kier molecular flexibility index (Phi) is 3.37. The third-order valence-corrected chi connectivity index (χ3v) is 2.74. The second kappa shape index (κ2) is 4.83. The van der Waals surface area contributed by atoms with Crippen LogP contribution in [0.4, 0.5) is 24.5 Å². The minimum Gasteiger partial charge on any atom is -0.397 e. The van der Waals surface area contributed by atoms with Gasteiger partial charge < -0.3 is 15.6 Å². The normalized spacial score (nSPS) is 11.6. The second-order valence-electron chi connectivity index (χ2n) is 4.11.